The van der Waals surface area contributed by atoms with Crippen molar-refractivity contribution in [3.8, 4) is 12.3 Å². The van der Waals surface area contributed by atoms with E-state index in [0.717, 1.165) is 18.8 Å². The molecule has 0 aliphatic rings. The Labute approximate surface area is 82.8 Å². The van der Waals surface area contributed by atoms with Crippen LogP contribution in [0.2, 0.25) is 0 Å². The molecule has 0 spiro atoms. The number of hydrogen-bond donors (Lipinski definition) is 1. The highest BCUT2D eigenvalue weighted by molar-refractivity contribution is 5.33. The number of halogens is 1. The van der Waals surface area contributed by atoms with Crippen molar-refractivity contribution in [3.63, 3.8) is 0 Å². The van der Waals surface area contributed by atoms with Crippen molar-refractivity contribution in [3.05, 3.63) is 18.2 Å². The summed E-state index contributed by atoms with van der Waals surface area (Å²) >= 11 is 0. The lowest BCUT2D eigenvalue weighted by molar-refractivity contribution is 0.604. The van der Waals surface area contributed by atoms with Gasteiger partial charge in [-0.15, -0.1) is 6.42 Å². The SMILES string of the molecule is C#CC(C)(CC)Nc1ncc(F)cn1. The molecule has 0 aliphatic carbocycles. The number of aromatic nitrogens is 2. The van der Waals surface area contributed by atoms with Gasteiger partial charge in [0.25, 0.3) is 0 Å². The molecule has 14 heavy (non-hydrogen) atoms. The standard InChI is InChI=1S/C10H12FN3/c1-4-10(3,5-2)14-9-12-6-8(11)7-13-9/h1,6-7H,5H2,2-3H3,(H,12,13,14). The van der Waals surface area contributed by atoms with Gasteiger partial charge in [-0.2, -0.15) is 0 Å². The van der Waals surface area contributed by atoms with Crippen molar-refractivity contribution in [2.24, 2.45) is 0 Å². The van der Waals surface area contributed by atoms with Gasteiger partial charge >= 0.3 is 0 Å². The molecule has 0 amide bonds. The highest BCUT2D eigenvalue weighted by Gasteiger charge is 2.18. The van der Waals surface area contributed by atoms with Crippen molar-refractivity contribution in [1.82, 2.24) is 9.97 Å². The Balaban J connectivity index is 2.79. The Morgan fingerprint density at radius 1 is 1.57 bits per heavy atom. The first-order chi connectivity index (χ1) is 6.59. The third kappa shape index (κ3) is 2.43. The van der Waals surface area contributed by atoms with Gasteiger partial charge in [0.15, 0.2) is 5.82 Å². The van der Waals surface area contributed by atoms with Gasteiger partial charge in [0.05, 0.1) is 17.9 Å². The normalized spacial score (nSPS) is 14.1. The predicted octanol–water partition coefficient (Wildman–Crippen LogP) is 1.83. The van der Waals surface area contributed by atoms with Crippen LogP contribution in [0, 0.1) is 18.2 Å². The Morgan fingerprint density at radius 2 is 2.14 bits per heavy atom. The summed E-state index contributed by atoms with van der Waals surface area (Å²) in [5, 5.41) is 2.96. The quantitative estimate of drug-likeness (QED) is 0.744. The third-order valence-corrected chi connectivity index (χ3v) is 2.03. The number of nitrogens with one attached hydrogen (secondary N) is 1. The molecule has 1 N–H and O–H groups in total. The van der Waals surface area contributed by atoms with Gasteiger partial charge in [-0.05, 0) is 13.3 Å². The smallest absolute Gasteiger partial charge is 0.223 e. The predicted molar refractivity (Wildman–Crippen MR) is 53.1 cm³/mol. The second-order valence-corrected chi connectivity index (χ2v) is 3.18. The average Bonchev–Trinajstić information content (AvgIpc) is 2.21. The third-order valence-electron chi connectivity index (χ3n) is 2.03. The molecule has 0 saturated heterocycles. The van der Waals surface area contributed by atoms with Gasteiger partial charge in [0.2, 0.25) is 5.95 Å². The first-order valence-corrected chi connectivity index (χ1v) is 4.33. The lowest BCUT2D eigenvalue weighted by atomic mass is 10.0. The van der Waals surface area contributed by atoms with E-state index in [1.54, 1.807) is 0 Å². The molecule has 1 heterocycles. The summed E-state index contributed by atoms with van der Waals surface area (Å²) < 4.78 is 12.5. The summed E-state index contributed by atoms with van der Waals surface area (Å²) in [5.41, 5.74) is -0.488. The molecule has 1 rings (SSSR count). The van der Waals surface area contributed by atoms with Crippen molar-refractivity contribution >= 4 is 5.95 Å². The van der Waals surface area contributed by atoms with Crippen molar-refractivity contribution in [2.45, 2.75) is 25.8 Å². The molecule has 0 aromatic carbocycles. The Kier molecular flexibility index (Phi) is 3.03. The molecule has 0 fully saturated rings. The van der Waals surface area contributed by atoms with E-state index in [-0.39, 0.29) is 0 Å². The fourth-order valence-corrected chi connectivity index (χ4v) is 0.850. The number of hydrogen-bond acceptors (Lipinski definition) is 3. The van der Waals surface area contributed by atoms with Crippen LogP contribution in [0.3, 0.4) is 0 Å². The van der Waals surface area contributed by atoms with E-state index in [9.17, 15) is 4.39 Å². The van der Waals surface area contributed by atoms with Crippen LogP contribution >= 0.6 is 0 Å². The van der Waals surface area contributed by atoms with Crippen LogP contribution < -0.4 is 5.32 Å². The minimum atomic E-state index is -0.488. The molecular weight excluding hydrogens is 181 g/mol. The summed E-state index contributed by atoms with van der Waals surface area (Å²) in [6, 6.07) is 0. The van der Waals surface area contributed by atoms with E-state index in [1.807, 2.05) is 13.8 Å². The van der Waals surface area contributed by atoms with Crippen LogP contribution in [0.25, 0.3) is 0 Å². The molecule has 0 saturated carbocycles. The van der Waals surface area contributed by atoms with Crippen LogP contribution in [0.15, 0.2) is 12.4 Å². The second-order valence-electron chi connectivity index (χ2n) is 3.18. The van der Waals surface area contributed by atoms with Crippen molar-refractivity contribution in [1.29, 1.82) is 0 Å². The van der Waals surface area contributed by atoms with E-state index in [1.165, 1.54) is 0 Å². The molecule has 4 heteroatoms. The summed E-state index contributed by atoms with van der Waals surface area (Å²) in [6.45, 7) is 3.82. The Morgan fingerprint density at radius 3 is 2.57 bits per heavy atom. The van der Waals surface area contributed by atoms with Crippen LogP contribution in [0.4, 0.5) is 10.3 Å². The zero-order valence-corrected chi connectivity index (χ0v) is 8.21. The van der Waals surface area contributed by atoms with Gasteiger partial charge in [0.1, 0.15) is 0 Å². The van der Waals surface area contributed by atoms with Gasteiger partial charge in [-0.25, -0.2) is 14.4 Å². The number of terminal acetylenes is 1. The maximum absolute atomic E-state index is 12.5. The summed E-state index contributed by atoms with van der Waals surface area (Å²) in [5.74, 6) is 2.48. The molecule has 0 radical (unpaired) electrons. The van der Waals surface area contributed by atoms with E-state index in [4.69, 9.17) is 6.42 Å². The van der Waals surface area contributed by atoms with Crippen molar-refractivity contribution in [2.75, 3.05) is 5.32 Å². The van der Waals surface area contributed by atoms with Crippen molar-refractivity contribution < 1.29 is 4.39 Å². The summed E-state index contributed by atoms with van der Waals surface area (Å²) in [6.07, 6.45) is 8.29. The highest BCUT2D eigenvalue weighted by atomic mass is 19.1. The molecule has 1 aromatic rings. The van der Waals surface area contributed by atoms with E-state index in [2.05, 4.69) is 21.2 Å². The summed E-state index contributed by atoms with van der Waals surface area (Å²) in [7, 11) is 0. The lowest BCUT2D eigenvalue weighted by Crippen LogP contribution is -2.32. The molecule has 0 bridgehead atoms. The van der Waals surface area contributed by atoms with Gasteiger partial charge in [0, 0.05) is 0 Å². The molecule has 0 aliphatic heterocycles. The molecule has 74 valence electrons. The maximum Gasteiger partial charge on any atom is 0.223 e. The Bertz CT molecular complexity index is 341. The first kappa shape index (κ1) is 10.5. The lowest BCUT2D eigenvalue weighted by Gasteiger charge is -2.22. The topological polar surface area (TPSA) is 37.8 Å². The fraction of sp³-hybridized carbons (Fsp3) is 0.400. The maximum atomic E-state index is 12.5. The van der Waals surface area contributed by atoms with Crippen LogP contribution in [-0.4, -0.2) is 15.5 Å². The fourth-order valence-electron chi connectivity index (χ4n) is 0.850. The Hall–Kier alpha value is -1.63. The second kappa shape index (κ2) is 4.05. The number of nitrogens with zero attached hydrogens (tertiary/aromatic N) is 2. The minimum Gasteiger partial charge on any atom is -0.338 e. The molecule has 1 unspecified atom stereocenters. The highest BCUT2D eigenvalue weighted by Crippen LogP contribution is 2.13. The van der Waals surface area contributed by atoms with Crippen LogP contribution in [0.1, 0.15) is 20.3 Å². The monoisotopic (exact) mass is 193 g/mol. The largest absolute Gasteiger partial charge is 0.338 e. The zero-order chi connectivity index (χ0) is 10.6. The molecule has 3 nitrogen and oxygen atoms in total. The summed E-state index contributed by atoms with van der Waals surface area (Å²) in [4.78, 5) is 7.53. The van der Waals surface area contributed by atoms with E-state index < -0.39 is 11.4 Å². The zero-order valence-electron chi connectivity index (χ0n) is 8.21. The van der Waals surface area contributed by atoms with E-state index in [0.29, 0.717) is 5.95 Å². The molecule has 1 aromatic heterocycles. The average molecular weight is 193 g/mol. The van der Waals surface area contributed by atoms with Crippen LogP contribution in [0.5, 0.6) is 0 Å². The first-order valence-electron chi connectivity index (χ1n) is 4.33. The number of anilines is 1. The minimum absolute atomic E-state index is 0.341. The van der Waals surface area contributed by atoms with Gasteiger partial charge in [-0.1, -0.05) is 12.8 Å². The molecule has 1 atom stereocenters. The molecular formula is C10H12FN3. The van der Waals surface area contributed by atoms with E-state index >= 15 is 0 Å². The van der Waals surface area contributed by atoms with Gasteiger partial charge in [-0.3, -0.25) is 0 Å². The van der Waals surface area contributed by atoms with Gasteiger partial charge < -0.3 is 5.32 Å². The number of rotatable bonds is 3. The van der Waals surface area contributed by atoms with Crippen LogP contribution in [-0.2, 0) is 0 Å².